The van der Waals surface area contributed by atoms with Crippen molar-refractivity contribution in [1.29, 1.82) is 0 Å². The molecule has 0 saturated carbocycles. The minimum Gasteiger partial charge on any atom is -0.493 e. The zero-order valence-electron chi connectivity index (χ0n) is 18.9. The summed E-state index contributed by atoms with van der Waals surface area (Å²) >= 11 is 0. The van der Waals surface area contributed by atoms with Crippen molar-refractivity contribution in [3.8, 4) is 11.5 Å². The second-order valence-electron chi connectivity index (χ2n) is 8.46. The minimum absolute atomic E-state index is 0.0509. The fraction of sp³-hybridized carbons (Fsp3) is 0.591. The molecule has 31 heavy (non-hydrogen) atoms. The number of hydrogen-bond donors (Lipinski definition) is 2. The van der Waals surface area contributed by atoms with E-state index >= 15 is 0 Å². The van der Waals surface area contributed by atoms with Crippen LogP contribution in [0.15, 0.2) is 18.2 Å². The zero-order valence-corrected chi connectivity index (χ0v) is 18.9. The highest BCUT2D eigenvalue weighted by molar-refractivity contribution is 5.95. The van der Waals surface area contributed by atoms with Crippen LogP contribution < -0.4 is 20.1 Å². The molecule has 0 radical (unpaired) electrons. The van der Waals surface area contributed by atoms with Crippen molar-refractivity contribution in [3.63, 3.8) is 0 Å². The van der Waals surface area contributed by atoms with Gasteiger partial charge in [0, 0.05) is 25.2 Å². The quantitative estimate of drug-likeness (QED) is 0.680. The Morgan fingerprint density at radius 3 is 2.26 bits per heavy atom. The van der Waals surface area contributed by atoms with Gasteiger partial charge >= 0.3 is 6.09 Å². The number of carbonyl (C=O) groups excluding carboxylic acids is 3. The number of nitrogens with zero attached hydrogens (tertiary/aromatic N) is 1. The number of benzene rings is 1. The summed E-state index contributed by atoms with van der Waals surface area (Å²) in [5, 5.41) is 5.27. The van der Waals surface area contributed by atoms with Gasteiger partial charge in [-0.05, 0) is 57.7 Å². The lowest BCUT2D eigenvalue weighted by molar-refractivity contribution is -0.120. The Balaban J connectivity index is 1.74. The standard InChI is InChI=1S/C22H33N3O6/c1-22(2,3)31-21(28)24-14-19(26)23-13-15-8-10-25(11-9-15)20(27)16-6-7-17(29-4)18(12-16)30-5/h6-7,12,15H,8-11,13-14H2,1-5H3,(H,23,26)(H,24,28). The van der Waals surface area contributed by atoms with Crippen LogP contribution in [0.3, 0.4) is 0 Å². The molecular weight excluding hydrogens is 402 g/mol. The molecule has 1 aromatic carbocycles. The van der Waals surface area contributed by atoms with Crippen molar-refractivity contribution < 1.29 is 28.6 Å². The number of piperidine rings is 1. The zero-order chi connectivity index (χ0) is 23.0. The molecule has 0 aromatic heterocycles. The van der Waals surface area contributed by atoms with Gasteiger partial charge in [-0.2, -0.15) is 0 Å². The maximum absolute atomic E-state index is 12.8. The van der Waals surface area contributed by atoms with Gasteiger partial charge in [-0.25, -0.2) is 4.79 Å². The van der Waals surface area contributed by atoms with E-state index in [1.165, 1.54) is 7.11 Å². The lowest BCUT2D eigenvalue weighted by Gasteiger charge is -2.32. The number of likely N-dealkylation sites (tertiary alicyclic amines) is 1. The number of methoxy groups -OCH3 is 2. The van der Waals surface area contributed by atoms with Crippen molar-refractivity contribution in [2.45, 2.75) is 39.2 Å². The van der Waals surface area contributed by atoms with Gasteiger partial charge in [0.15, 0.2) is 11.5 Å². The van der Waals surface area contributed by atoms with E-state index in [0.29, 0.717) is 36.7 Å². The molecule has 1 aliphatic heterocycles. The molecule has 1 heterocycles. The van der Waals surface area contributed by atoms with E-state index in [4.69, 9.17) is 14.2 Å². The molecule has 0 unspecified atom stereocenters. The molecule has 2 rings (SSSR count). The first-order chi connectivity index (χ1) is 14.6. The van der Waals surface area contributed by atoms with Crippen molar-refractivity contribution in [2.75, 3.05) is 40.4 Å². The highest BCUT2D eigenvalue weighted by Gasteiger charge is 2.25. The van der Waals surface area contributed by atoms with Crippen LogP contribution in [0.5, 0.6) is 11.5 Å². The number of rotatable bonds is 7. The van der Waals surface area contributed by atoms with Gasteiger partial charge in [-0.3, -0.25) is 9.59 Å². The second-order valence-corrected chi connectivity index (χ2v) is 8.46. The van der Waals surface area contributed by atoms with E-state index in [-0.39, 0.29) is 24.3 Å². The number of amides is 3. The summed E-state index contributed by atoms with van der Waals surface area (Å²) in [7, 11) is 3.09. The maximum atomic E-state index is 12.8. The van der Waals surface area contributed by atoms with Crippen LogP contribution in [-0.4, -0.2) is 68.8 Å². The van der Waals surface area contributed by atoms with Crippen LogP contribution in [0.25, 0.3) is 0 Å². The average molecular weight is 436 g/mol. The SMILES string of the molecule is COc1ccc(C(=O)N2CCC(CNC(=O)CNC(=O)OC(C)(C)C)CC2)cc1OC. The molecule has 1 saturated heterocycles. The summed E-state index contributed by atoms with van der Waals surface area (Å²) in [6.07, 6.45) is 0.960. The monoisotopic (exact) mass is 435 g/mol. The topological polar surface area (TPSA) is 106 Å². The summed E-state index contributed by atoms with van der Waals surface area (Å²) in [5.41, 5.74) is -0.0549. The third kappa shape index (κ3) is 7.66. The van der Waals surface area contributed by atoms with Crippen LogP contribution >= 0.6 is 0 Å². The van der Waals surface area contributed by atoms with Gasteiger partial charge in [-0.1, -0.05) is 0 Å². The summed E-state index contributed by atoms with van der Waals surface area (Å²) in [5.74, 6) is 1.06. The van der Waals surface area contributed by atoms with Crippen LogP contribution in [0, 0.1) is 5.92 Å². The van der Waals surface area contributed by atoms with Gasteiger partial charge in [-0.15, -0.1) is 0 Å². The Kier molecular flexibility index (Phi) is 8.53. The molecule has 0 spiro atoms. The van der Waals surface area contributed by atoms with Gasteiger partial charge in [0.25, 0.3) is 5.91 Å². The molecule has 0 bridgehead atoms. The number of hydrogen-bond acceptors (Lipinski definition) is 6. The summed E-state index contributed by atoms with van der Waals surface area (Å²) in [4.78, 5) is 38.2. The first kappa shape index (κ1) is 24.3. The Labute approximate surface area is 183 Å². The lowest BCUT2D eigenvalue weighted by Crippen LogP contribution is -2.44. The Bertz CT molecular complexity index is 782. The van der Waals surface area contributed by atoms with Crippen LogP contribution in [-0.2, 0) is 9.53 Å². The fourth-order valence-electron chi connectivity index (χ4n) is 3.28. The Morgan fingerprint density at radius 1 is 1.03 bits per heavy atom. The predicted molar refractivity (Wildman–Crippen MR) is 115 cm³/mol. The lowest BCUT2D eigenvalue weighted by atomic mass is 9.96. The van der Waals surface area contributed by atoms with E-state index < -0.39 is 11.7 Å². The predicted octanol–water partition coefficient (Wildman–Crippen LogP) is 2.20. The number of alkyl carbamates (subject to hydrolysis) is 1. The van der Waals surface area contributed by atoms with E-state index in [2.05, 4.69) is 10.6 Å². The van der Waals surface area contributed by atoms with Crippen LogP contribution in [0.1, 0.15) is 44.0 Å². The Morgan fingerprint density at radius 2 is 1.68 bits per heavy atom. The molecule has 172 valence electrons. The van der Waals surface area contributed by atoms with Gasteiger partial charge in [0.05, 0.1) is 20.8 Å². The first-order valence-electron chi connectivity index (χ1n) is 10.4. The fourth-order valence-corrected chi connectivity index (χ4v) is 3.28. The molecular formula is C22H33N3O6. The second kappa shape index (κ2) is 10.9. The third-order valence-electron chi connectivity index (χ3n) is 4.91. The van der Waals surface area contributed by atoms with Gasteiger partial charge in [0.2, 0.25) is 5.91 Å². The largest absolute Gasteiger partial charge is 0.493 e. The van der Waals surface area contributed by atoms with Gasteiger partial charge < -0.3 is 29.7 Å². The average Bonchev–Trinajstić information content (AvgIpc) is 2.74. The minimum atomic E-state index is -0.621. The molecule has 9 nitrogen and oxygen atoms in total. The molecule has 1 aromatic rings. The number of carbonyl (C=O) groups is 3. The van der Waals surface area contributed by atoms with E-state index in [0.717, 1.165) is 12.8 Å². The summed E-state index contributed by atoms with van der Waals surface area (Å²) in [6, 6.07) is 5.14. The molecule has 9 heteroatoms. The summed E-state index contributed by atoms with van der Waals surface area (Å²) in [6.45, 7) is 6.88. The maximum Gasteiger partial charge on any atom is 0.408 e. The smallest absolute Gasteiger partial charge is 0.408 e. The molecule has 3 amide bonds. The molecule has 1 fully saturated rings. The van der Waals surface area contributed by atoms with E-state index in [9.17, 15) is 14.4 Å². The molecule has 0 atom stereocenters. The first-order valence-corrected chi connectivity index (χ1v) is 10.4. The van der Waals surface area contributed by atoms with Gasteiger partial charge in [0.1, 0.15) is 5.60 Å². The van der Waals surface area contributed by atoms with Crippen molar-refractivity contribution >= 4 is 17.9 Å². The van der Waals surface area contributed by atoms with Crippen LogP contribution in [0.4, 0.5) is 4.79 Å². The van der Waals surface area contributed by atoms with Crippen molar-refractivity contribution in [2.24, 2.45) is 5.92 Å². The third-order valence-corrected chi connectivity index (χ3v) is 4.91. The highest BCUT2D eigenvalue weighted by Crippen LogP contribution is 2.28. The normalized spacial score (nSPS) is 14.5. The number of nitrogens with one attached hydrogen (secondary N) is 2. The van der Waals surface area contributed by atoms with E-state index in [1.54, 1.807) is 46.1 Å². The van der Waals surface area contributed by atoms with Crippen LogP contribution in [0.2, 0.25) is 0 Å². The number of ether oxygens (including phenoxy) is 3. The molecule has 1 aliphatic rings. The molecule has 2 N–H and O–H groups in total. The highest BCUT2D eigenvalue weighted by atomic mass is 16.6. The van der Waals surface area contributed by atoms with Crippen molar-refractivity contribution in [3.05, 3.63) is 23.8 Å². The molecule has 0 aliphatic carbocycles. The Hall–Kier alpha value is -2.97. The van der Waals surface area contributed by atoms with E-state index in [1.807, 2.05) is 4.90 Å². The summed E-state index contributed by atoms with van der Waals surface area (Å²) < 4.78 is 15.6. The van der Waals surface area contributed by atoms with Crippen molar-refractivity contribution in [1.82, 2.24) is 15.5 Å².